The van der Waals surface area contributed by atoms with Gasteiger partial charge in [-0.15, -0.1) is 0 Å². The first-order valence-corrected chi connectivity index (χ1v) is 9.00. The van der Waals surface area contributed by atoms with Crippen molar-refractivity contribution in [3.63, 3.8) is 0 Å². The molecule has 0 bridgehead atoms. The number of hydrogen-bond acceptors (Lipinski definition) is 3. The summed E-state index contributed by atoms with van der Waals surface area (Å²) in [5, 5.41) is 0. The number of rotatable bonds is 4. The molecule has 0 amide bonds. The lowest BCUT2D eigenvalue weighted by Gasteiger charge is -2.46. The summed E-state index contributed by atoms with van der Waals surface area (Å²) in [6.45, 7) is 5.23. The summed E-state index contributed by atoms with van der Waals surface area (Å²) in [5.41, 5.74) is 2.68. The van der Waals surface area contributed by atoms with Crippen molar-refractivity contribution >= 4 is 5.97 Å². The molecule has 1 aliphatic carbocycles. The third-order valence-electron chi connectivity index (χ3n) is 6.12. The molecule has 130 valence electrons. The molecule has 1 heterocycles. The molecule has 3 heteroatoms. The largest absolute Gasteiger partial charge is 0.426 e. The van der Waals surface area contributed by atoms with E-state index in [1.54, 1.807) is 0 Å². The predicted octanol–water partition coefficient (Wildman–Crippen LogP) is 4.56. The summed E-state index contributed by atoms with van der Waals surface area (Å²) in [6, 6.07) is 16.2. The molecule has 0 saturated heterocycles. The molecule has 4 rings (SSSR count). The molecular weight excluding hydrogens is 312 g/mol. The maximum atomic E-state index is 13.0. The average molecular weight is 336 g/mol. The van der Waals surface area contributed by atoms with Crippen LogP contribution in [0.15, 0.2) is 48.5 Å². The van der Waals surface area contributed by atoms with Gasteiger partial charge in [0.1, 0.15) is 11.2 Å². The van der Waals surface area contributed by atoms with E-state index < -0.39 is 5.41 Å². The molecule has 2 aliphatic rings. The summed E-state index contributed by atoms with van der Waals surface area (Å²) >= 11 is 0. The van der Waals surface area contributed by atoms with Crippen molar-refractivity contribution in [3.8, 4) is 5.75 Å². The third-order valence-corrected chi connectivity index (χ3v) is 6.12. The smallest absolute Gasteiger partial charge is 0.320 e. The number of ether oxygens (including phenoxy) is 2. The molecule has 0 N–H and O–H groups in total. The average Bonchev–Trinajstić information content (AvgIpc) is 2.96. The van der Waals surface area contributed by atoms with E-state index in [0.29, 0.717) is 13.2 Å². The van der Waals surface area contributed by atoms with Crippen LogP contribution in [0.25, 0.3) is 0 Å². The SMILES string of the molecule is Cc1ccc2c(c1)[C@@]1(C)CCC[C@@]1(COCc1ccccc1)C(=O)O2. The Balaban J connectivity index is 1.64. The minimum Gasteiger partial charge on any atom is -0.426 e. The lowest BCUT2D eigenvalue weighted by atomic mass is 9.61. The van der Waals surface area contributed by atoms with Gasteiger partial charge in [0, 0.05) is 11.0 Å². The van der Waals surface area contributed by atoms with Crippen LogP contribution in [-0.2, 0) is 21.6 Å². The standard InChI is InChI=1S/C22H24O3/c1-16-9-10-19-18(13-16)21(2)11-6-12-22(21,20(23)25-19)15-24-14-17-7-4-3-5-8-17/h3-5,7-10,13H,6,11-12,14-15H2,1-2H3/t21-,22-/m1/s1. The highest BCUT2D eigenvalue weighted by molar-refractivity contribution is 5.85. The number of aryl methyl sites for hydroxylation is 1. The summed E-state index contributed by atoms with van der Waals surface area (Å²) < 4.78 is 11.8. The van der Waals surface area contributed by atoms with Crippen molar-refractivity contribution in [2.45, 2.75) is 45.1 Å². The van der Waals surface area contributed by atoms with E-state index in [2.05, 4.69) is 19.9 Å². The second-order valence-corrected chi connectivity index (χ2v) is 7.64. The Morgan fingerprint density at radius 2 is 1.92 bits per heavy atom. The lowest BCUT2D eigenvalue weighted by molar-refractivity contribution is -0.157. The van der Waals surface area contributed by atoms with Gasteiger partial charge in [0.25, 0.3) is 0 Å². The van der Waals surface area contributed by atoms with E-state index in [0.717, 1.165) is 36.1 Å². The van der Waals surface area contributed by atoms with Crippen molar-refractivity contribution in [3.05, 3.63) is 65.2 Å². The van der Waals surface area contributed by atoms with E-state index in [1.165, 1.54) is 5.56 Å². The molecule has 3 nitrogen and oxygen atoms in total. The van der Waals surface area contributed by atoms with Crippen LogP contribution in [0.3, 0.4) is 0 Å². The third kappa shape index (κ3) is 2.49. The Bertz CT molecular complexity index is 798. The summed E-state index contributed by atoms with van der Waals surface area (Å²) in [6.07, 6.45) is 2.84. The minimum absolute atomic E-state index is 0.128. The van der Waals surface area contributed by atoms with E-state index >= 15 is 0 Å². The molecule has 2 aromatic rings. The topological polar surface area (TPSA) is 35.5 Å². The van der Waals surface area contributed by atoms with E-state index in [4.69, 9.17) is 9.47 Å². The van der Waals surface area contributed by atoms with Gasteiger partial charge in [-0.3, -0.25) is 4.79 Å². The number of esters is 1. The van der Waals surface area contributed by atoms with Gasteiger partial charge in [0.15, 0.2) is 0 Å². The maximum absolute atomic E-state index is 13.0. The second kappa shape index (κ2) is 5.99. The van der Waals surface area contributed by atoms with Gasteiger partial charge in [0.2, 0.25) is 0 Å². The molecule has 0 aromatic heterocycles. The normalized spacial score (nSPS) is 27.5. The molecule has 2 aromatic carbocycles. The fraction of sp³-hybridized carbons (Fsp3) is 0.409. The second-order valence-electron chi connectivity index (χ2n) is 7.64. The Kier molecular flexibility index (Phi) is 3.92. The van der Waals surface area contributed by atoms with Gasteiger partial charge in [-0.05, 0) is 31.4 Å². The zero-order chi connectivity index (χ0) is 17.5. The molecule has 1 saturated carbocycles. The summed E-state index contributed by atoms with van der Waals surface area (Å²) in [5.74, 6) is 0.593. The Morgan fingerprint density at radius 1 is 1.12 bits per heavy atom. The van der Waals surface area contributed by atoms with Gasteiger partial charge in [-0.1, -0.05) is 61.4 Å². The number of carbonyl (C=O) groups excluding carboxylic acids is 1. The molecular formula is C22H24O3. The van der Waals surface area contributed by atoms with Gasteiger partial charge in [0.05, 0.1) is 13.2 Å². The summed E-state index contributed by atoms with van der Waals surface area (Å²) in [7, 11) is 0. The van der Waals surface area contributed by atoms with E-state index in [9.17, 15) is 4.79 Å². The van der Waals surface area contributed by atoms with Gasteiger partial charge in [-0.25, -0.2) is 0 Å². The molecule has 0 radical (unpaired) electrons. The molecule has 2 atom stereocenters. The Morgan fingerprint density at radius 3 is 2.72 bits per heavy atom. The van der Waals surface area contributed by atoms with Crippen molar-refractivity contribution in [2.75, 3.05) is 6.61 Å². The van der Waals surface area contributed by atoms with Gasteiger partial charge < -0.3 is 9.47 Å². The maximum Gasteiger partial charge on any atom is 0.320 e. The molecule has 25 heavy (non-hydrogen) atoms. The van der Waals surface area contributed by atoms with Crippen LogP contribution in [0.4, 0.5) is 0 Å². The van der Waals surface area contributed by atoms with Crippen molar-refractivity contribution in [1.82, 2.24) is 0 Å². The van der Waals surface area contributed by atoms with Gasteiger partial charge in [-0.2, -0.15) is 0 Å². The highest BCUT2D eigenvalue weighted by atomic mass is 16.5. The first kappa shape index (κ1) is 16.3. The van der Waals surface area contributed by atoms with Crippen molar-refractivity contribution in [2.24, 2.45) is 5.41 Å². The first-order valence-electron chi connectivity index (χ1n) is 9.00. The quantitative estimate of drug-likeness (QED) is 0.606. The zero-order valence-corrected chi connectivity index (χ0v) is 14.9. The zero-order valence-electron chi connectivity index (χ0n) is 14.9. The van der Waals surface area contributed by atoms with Crippen molar-refractivity contribution in [1.29, 1.82) is 0 Å². The lowest BCUT2D eigenvalue weighted by Crippen LogP contribution is -2.53. The minimum atomic E-state index is -0.581. The molecule has 1 aliphatic heterocycles. The van der Waals surface area contributed by atoms with Crippen LogP contribution >= 0.6 is 0 Å². The van der Waals surface area contributed by atoms with Crippen LogP contribution in [0, 0.1) is 12.3 Å². The number of benzene rings is 2. The number of carbonyl (C=O) groups is 1. The van der Waals surface area contributed by atoms with Crippen LogP contribution in [-0.4, -0.2) is 12.6 Å². The fourth-order valence-corrected chi connectivity index (χ4v) is 4.55. The monoisotopic (exact) mass is 336 g/mol. The summed E-state index contributed by atoms with van der Waals surface area (Å²) in [4.78, 5) is 13.0. The molecule has 1 fully saturated rings. The Labute approximate surface area is 149 Å². The fourth-order valence-electron chi connectivity index (χ4n) is 4.55. The molecule has 0 unspecified atom stereocenters. The number of fused-ring (bicyclic) bond motifs is 3. The van der Waals surface area contributed by atoms with Crippen molar-refractivity contribution < 1.29 is 14.3 Å². The first-order chi connectivity index (χ1) is 12.1. The number of hydrogen-bond donors (Lipinski definition) is 0. The predicted molar refractivity (Wildman–Crippen MR) is 96.5 cm³/mol. The van der Waals surface area contributed by atoms with E-state index in [-0.39, 0.29) is 11.4 Å². The van der Waals surface area contributed by atoms with Gasteiger partial charge >= 0.3 is 5.97 Å². The molecule has 0 spiro atoms. The highest BCUT2D eigenvalue weighted by Gasteiger charge is 2.62. The van der Waals surface area contributed by atoms with E-state index in [1.807, 2.05) is 42.5 Å². The highest BCUT2D eigenvalue weighted by Crippen LogP contribution is 2.59. The van der Waals surface area contributed by atoms with Crippen LogP contribution in [0.5, 0.6) is 5.75 Å². The van der Waals surface area contributed by atoms with Crippen LogP contribution in [0.2, 0.25) is 0 Å². The van der Waals surface area contributed by atoms with Crippen LogP contribution < -0.4 is 4.74 Å². The Hall–Kier alpha value is -2.13. The van der Waals surface area contributed by atoms with Crippen LogP contribution in [0.1, 0.15) is 42.9 Å².